The SMILES string of the molecule is COc1cc(N)cnc1N1CCC[C@H](NC(=O)OC(C)(C)C)C1. The van der Waals surface area contributed by atoms with Crippen LogP contribution in [-0.2, 0) is 4.74 Å². The Kier molecular flexibility index (Phi) is 5.18. The standard InChI is InChI=1S/C16H26N4O3/c1-16(2,3)23-15(21)19-12-6-5-7-20(10-12)14-13(22-4)8-11(17)9-18-14/h8-9,12H,5-7,10,17H2,1-4H3,(H,19,21)/t12-/m0/s1. The van der Waals surface area contributed by atoms with E-state index in [1.165, 1.54) is 0 Å². The van der Waals surface area contributed by atoms with Crippen molar-refractivity contribution in [3.63, 3.8) is 0 Å². The highest BCUT2D eigenvalue weighted by Gasteiger charge is 2.26. The summed E-state index contributed by atoms with van der Waals surface area (Å²) in [6.07, 6.45) is 3.09. The Bertz CT molecular complexity index is 557. The van der Waals surface area contributed by atoms with Gasteiger partial charge in [0.1, 0.15) is 5.60 Å². The maximum Gasteiger partial charge on any atom is 0.407 e. The van der Waals surface area contributed by atoms with E-state index < -0.39 is 5.60 Å². The number of amides is 1. The van der Waals surface area contributed by atoms with Crippen molar-refractivity contribution in [1.82, 2.24) is 10.3 Å². The number of pyridine rings is 1. The van der Waals surface area contributed by atoms with Crippen LogP contribution in [0, 0.1) is 0 Å². The summed E-state index contributed by atoms with van der Waals surface area (Å²) in [7, 11) is 1.60. The van der Waals surface area contributed by atoms with Gasteiger partial charge < -0.3 is 25.4 Å². The summed E-state index contributed by atoms with van der Waals surface area (Å²) in [6.45, 7) is 7.07. The molecule has 1 fully saturated rings. The van der Waals surface area contributed by atoms with E-state index in [-0.39, 0.29) is 12.1 Å². The third-order valence-electron chi connectivity index (χ3n) is 3.52. The molecule has 0 spiro atoms. The van der Waals surface area contributed by atoms with Crippen molar-refractivity contribution >= 4 is 17.6 Å². The number of nitrogens with one attached hydrogen (secondary N) is 1. The van der Waals surface area contributed by atoms with Gasteiger partial charge in [-0.05, 0) is 33.6 Å². The van der Waals surface area contributed by atoms with Crippen LogP contribution in [0.2, 0.25) is 0 Å². The van der Waals surface area contributed by atoms with E-state index in [9.17, 15) is 4.79 Å². The molecule has 1 aliphatic heterocycles. The zero-order valence-corrected chi connectivity index (χ0v) is 14.3. The van der Waals surface area contributed by atoms with Crippen molar-refractivity contribution in [2.24, 2.45) is 0 Å². The zero-order valence-electron chi connectivity index (χ0n) is 14.3. The first kappa shape index (κ1) is 17.2. The minimum atomic E-state index is -0.500. The molecule has 0 aromatic carbocycles. The van der Waals surface area contributed by atoms with E-state index in [0.717, 1.165) is 25.2 Å². The second-order valence-corrected chi connectivity index (χ2v) is 6.73. The molecule has 7 heteroatoms. The number of piperidine rings is 1. The molecule has 128 valence electrons. The van der Waals surface area contributed by atoms with Crippen LogP contribution in [-0.4, -0.2) is 42.9 Å². The summed E-state index contributed by atoms with van der Waals surface area (Å²) in [6, 6.07) is 1.77. The number of hydrogen-bond donors (Lipinski definition) is 2. The van der Waals surface area contributed by atoms with E-state index in [1.807, 2.05) is 20.8 Å². The number of nitrogens with zero attached hydrogens (tertiary/aromatic N) is 2. The summed E-state index contributed by atoms with van der Waals surface area (Å²) in [5.41, 5.74) is 5.81. The summed E-state index contributed by atoms with van der Waals surface area (Å²) in [5, 5.41) is 2.93. The molecule has 2 rings (SSSR count). The predicted molar refractivity (Wildman–Crippen MR) is 89.8 cm³/mol. The van der Waals surface area contributed by atoms with Gasteiger partial charge in [-0.25, -0.2) is 9.78 Å². The smallest absolute Gasteiger partial charge is 0.407 e. The third-order valence-corrected chi connectivity index (χ3v) is 3.52. The molecular formula is C16H26N4O3. The van der Waals surface area contributed by atoms with Crippen LogP contribution in [0.3, 0.4) is 0 Å². The van der Waals surface area contributed by atoms with Crippen molar-refractivity contribution in [1.29, 1.82) is 0 Å². The van der Waals surface area contributed by atoms with Crippen LogP contribution < -0.4 is 20.7 Å². The normalized spacial score (nSPS) is 18.4. The average molecular weight is 322 g/mol. The molecule has 3 N–H and O–H groups in total. The molecule has 0 aliphatic carbocycles. The van der Waals surface area contributed by atoms with Crippen LogP contribution in [0.15, 0.2) is 12.3 Å². The Labute approximate surface area is 137 Å². The summed E-state index contributed by atoms with van der Waals surface area (Å²) >= 11 is 0. The van der Waals surface area contributed by atoms with Crippen molar-refractivity contribution in [2.75, 3.05) is 30.8 Å². The molecule has 2 heterocycles. The molecule has 1 aliphatic rings. The van der Waals surface area contributed by atoms with E-state index in [2.05, 4.69) is 15.2 Å². The predicted octanol–water partition coefficient (Wildman–Crippen LogP) is 2.17. The molecule has 23 heavy (non-hydrogen) atoms. The highest BCUT2D eigenvalue weighted by Crippen LogP contribution is 2.29. The second-order valence-electron chi connectivity index (χ2n) is 6.73. The van der Waals surface area contributed by atoms with Crippen LogP contribution in [0.25, 0.3) is 0 Å². The average Bonchev–Trinajstić information content (AvgIpc) is 2.45. The van der Waals surface area contributed by atoms with Crippen LogP contribution in [0.1, 0.15) is 33.6 Å². The third kappa shape index (κ3) is 4.91. The Morgan fingerprint density at radius 1 is 1.48 bits per heavy atom. The molecule has 7 nitrogen and oxygen atoms in total. The number of nitrogens with two attached hydrogens (primary N) is 1. The van der Waals surface area contributed by atoms with E-state index in [0.29, 0.717) is 18.0 Å². The molecule has 1 amide bonds. The number of anilines is 2. The van der Waals surface area contributed by atoms with Gasteiger partial charge in [-0.15, -0.1) is 0 Å². The van der Waals surface area contributed by atoms with Crippen molar-refractivity contribution in [2.45, 2.75) is 45.3 Å². The number of carbonyl (C=O) groups excluding carboxylic acids is 1. The number of rotatable bonds is 3. The number of carbonyl (C=O) groups is 1. The molecular weight excluding hydrogens is 296 g/mol. The summed E-state index contributed by atoms with van der Waals surface area (Å²) in [4.78, 5) is 18.4. The molecule has 1 saturated heterocycles. The van der Waals surface area contributed by atoms with Gasteiger partial charge in [-0.2, -0.15) is 0 Å². The van der Waals surface area contributed by atoms with Crippen LogP contribution in [0.4, 0.5) is 16.3 Å². The fourth-order valence-electron chi connectivity index (χ4n) is 2.60. The highest BCUT2D eigenvalue weighted by molar-refractivity contribution is 5.68. The molecule has 0 bridgehead atoms. The van der Waals surface area contributed by atoms with Gasteiger partial charge >= 0.3 is 6.09 Å². The first-order valence-corrected chi connectivity index (χ1v) is 7.82. The number of aromatic nitrogens is 1. The number of methoxy groups -OCH3 is 1. The van der Waals surface area contributed by atoms with Gasteiger partial charge in [-0.3, -0.25) is 0 Å². The van der Waals surface area contributed by atoms with Crippen molar-refractivity contribution in [3.05, 3.63) is 12.3 Å². The first-order valence-electron chi connectivity index (χ1n) is 7.82. The maximum atomic E-state index is 11.9. The lowest BCUT2D eigenvalue weighted by Gasteiger charge is -2.34. The molecule has 1 aromatic rings. The zero-order chi connectivity index (χ0) is 17.0. The van der Waals surface area contributed by atoms with Gasteiger partial charge in [0.05, 0.1) is 19.0 Å². The maximum absolute atomic E-state index is 11.9. The van der Waals surface area contributed by atoms with Gasteiger partial charge in [0.15, 0.2) is 11.6 Å². The minimum absolute atomic E-state index is 0.0164. The van der Waals surface area contributed by atoms with E-state index in [4.69, 9.17) is 15.2 Å². The van der Waals surface area contributed by atoms with Gasteiger partial charge in [-0.1, -0.05) is 0 Å². The lowest BCUT2D eigenvalue weighted by atomic mass is 10.1. The molecule has 1 atom stereocenters. The molecule has 0 saturated carbocycles. The van der Waals surface area contributed by atoms with Crippen LogP contribution >= 0.6 is 0 Å². The summed E-state index contributed by atoms with van der Waals surface area (Å²) in [5.74, 6) is 1.39. The summed E-state index contributed by atoms with van der Waals surface area (Å²) < 4.78 is 10.7. The number of ether oxygens (including phenoxy) is 2. The molecule has 1 aromatic heterocycles. The van der Waals surface area contributed by atoms with Crippen molar-refractivity contribution < 1.29 is 14.3 Å². The first-order chi connectivity index (χ1) is 10.8. The lowest BCUT2D eigenvalue weighted by Crippen LogP contribution is -2.49. The second kappa shape index (κ2) is 6.93. The van der Waals surface area contributed by atoms with Crippen molar-refractivity contribution in [3.8, 4) is 5.75 Å². The monoisotopic (exact) mass is 322 g/mol. The molecule has 0 radical (unpaired) electrons. The van der Waals surface area contributed by atoms with Crippen LogP contribution in [0.5, 0.6) is 5.75 Å². The Morgan fingerprint density at radius 3 is 2.87 bits per heavy atom. The number of nitrogen functional groups attached to an aromatic ring is 1. The quantitative estimate of drug-likeness (QED) is 0.886. The van der Waals surface area contributed by atoms with E-state index >= 15 is 0 Å². The molecule has 0 unspecified atom stereocenters. The topological polar surface area (TPSA) is 89.7 Å². The Hall–Kier alpha value is -2.18. The fourth-order valence-corrected chi connectivity index (χ4v) is 2.60. The van der Waals surface area contributed by atoms with Gasteiger partial charge in [0, 0.05) is 25.2 Å². The lowest BCUT2D eigenvalue weighted by molar-refractivity contribution is 0.0500. The van der Waals surface area contributed by atoms with Gasteiger partial charge in [0.2, 0.25) is 0 Å². The minimum Gasteiger partial charge on any atom is -0.493 e. The highest BCUT2D eigenvalue weighted by atomic mass is 16.6. The Morgan fingerprint density at radius 2 is 2.22 bits per heavy atom. The van der Waals surface area contributed by atoms with E-state index in [1.54, 1.807) is 19.4 Å². The fraction of sp³-hybridized carbons (Fsp3) is 0.625. The largest absolute Gasteiger partial charge is 0.493 e. The Balaban J connectivity index is 2.02. The number of alkyl carbamates (subject to hydrolysis) is 1. The number of hydrogen-bond acceptors (Lipinski definition) is 6. The van der Waals surface area contributed by atoms with Gasteiger partial charge in [0.25, 0.3) is 0 Å².